The molecule has 1 aromatic carbocycles. The van der Waals surface area contributed by atoms with Crippen LogP contribution in [0.15, 0.2) is 24.3 Å². The summed E-state index contributed by atoms with van der Waals surface area (Å²) in [6, 6.07) is 5.38. The Hall–Kier alpha value is -1.16. The summed E-state index contributed by atoms with van der Waals surface area (Å²) in [6.07, 6.45) is -2.74. The van der Waals surface area contributed by atoms with Gasteiger partial charge in [-0.2, -0.15) is 13.2 Å². The third-order valence-corrected chi connectivity index (χ3v) is 6.35. The van der Waals surface area contributed by atoms with Crippen molar-refractivity contribution in [2.75, 3.05) is 26.0 Å². The maximum atomic E-state index is 13.3. The summed E-state index contributed by atoms with van der Waals surface area (Å²) >= 11 is 3.54. The normalized spacial score (nSPS) is 29.1. The first-order valence-electron chi connectivity index (χ1n) is 9.32. The summed E-state index contributed by atoms with van der Waals surface area (Å²) in [5, 5.41) is 2.29. The van der Waals surface area contributed by atoms with Crippen LogP contribution in [0.1, 0.15) is 36.8 Å². The van der Waals surface area contributed by atoms with E-state index in [2.05, 4.69) is 21.4 Å². The summed E-state index contributed by atoms with van der Waals surface area (Å²) in [7, 11) is 3.31. The highest BCUT2D eigenvalue weighted by Crippen LogP contribution is 2.43. The molecule has 0 aromatic heterocycles. The van der Waals surface area contributed by atoms with Gasteiger partial charge in [0.1, 0.15) is 12.3 Å². The van der Waals surface area contributed by atoms with Crippen LogP contribution in [-0.2, 0) is 21.2 Å². The fraction of sp³-hybridized carbons (Fsp3) is 0.632. The van der Waals surface area contributed by atoms with Gasteiger partial charge in [0.15, 0.2) is 0 Å². The van der Waals surface area contributed by atoms with Crippen LogP contribution in [0.2, 0.25) is 0 Å². The number of nitrogens with zero attached hydrogens (tertiary/aromatic N) is 2. The second kappa shape index (κ2) is 8.30. The van der Waals surface area contributed by atoms with E-state index in [0.717, 1.165) is 18.9 Å². The molecule has 0 spiro atoms. The Balaban J connectivity index is 2.09. The van der Waals surface area contributed by atoms with Crippen LogP contribution >= 0.6 is 15.9 Å². The Kier molecular flexibility index (Phi) is 6.38. The van der Waals surface area contributed by atoms with Crippen molar-refractivity contribution in [3.8, 4) is 0 Å². The molecule has 0 aliphatic carbocycles. The molecular formula is C19H25BrF3N3O2. The molecule has 3 atom stereocenters. The number of hydrogen-bond donors (Lipinski definition) is 1. The Labute approximate surface area is 171 Å². The van der Waals surface area contributed by atoms with Gasteiger partial charge in [-0.3, -0.25) is 10.2 Å². The van der Waals surface area contributed by atoms with Gasteiger partial charge in [-0.15, -0.1) is 0 Å². The van der Waals surface area contributed by atoms with Gasteiger partial charge in [0.05, 0.1) is 11.1 Å². The third kappa shape index (κ3) is 4.08. The van der Waals surface area contributed by atoms with Gasteiger partial charge in [0.25, 0.3) is 5.91 Å². The van der Waals surface area contributed by atoms with Crippen molar-refractivity contribution >= 4 is 21.8 Å². The van der Waals surface area contributed by atoms with Gasteiger partial charge in [-0.25, -0.2) is 5.01 Å². The highest BCUT2D eigenvalue weighted by molar-refractivity contribution is 9.09. The molecule has 2 fully saturated rings. The van der Waals surface area contributed by atoms with Gasteiger partial charge in [-0.05, 0) is 37.0 Å². The van der Waals surface area contributed by atoms with Crippen molar-refractivity contribution in [2.45, 2.75) is 49.7 Å². The number of hydrazine groups is 1. The average molecular weight is 464 g/mol. The van der Waals surface area contributed by atoms with Crippen LogP contribution < -0.4 is 5.43 Å². The zero-order valence-corrected chi connectivity index (χ0v) is 17.5. The van der Waals surface area contributed by atoms with Crippen LogP contribution in [0.3, 0.4) is 0 Å². The van der Waals surface area contributed by atoms with E-state index in [9.17, 15) is 18.0 Å². The first-order valence-corrected chi connectivity index (χ1v) is 10.4. The standard InChI is InChI=1S/C19H25BrF3N3O2/c1-25(2)17(27)15-11-18(12-20,26-16(28-15)8-3-4-9-24-26)13-6-5-7-14(10-13)19(21,22)23/h5-7,10,15-16,24H,3-4,8-9,11-12H2,1-2H3. The van der Waals surface area contributed by atoms with Crippen molar-refractivity contribution in [1.29, 1.82) is 0 Å². The number of likely N-dealkylation sites (N-methyl/N-ethyl adjacent to an activating group) is 1. The van der Waals surface area contributed by atoms with Gasteiger partial charge >= 0.3 is 6.18 Å². The van der Waals surface area contributed by atoms with E-state index < -0.39 is 29.6 Å². The second-order valence-corrected chi connectivity index (χ2v) is 8.09. The predicted molar refractivity (Wildman–Crippen MR) is 103 cm³/mol. The van der Waals surface area contributed by atoms with E-state index in [1.165, 1.54) is 17.0 Å². The van der Waals surface area contributed by atoms with E-state index in [0.29, 0.717) is 23.9 Å². The third-order valence-electron chi connectivity index (χ3n) is 5.42. The Morgan fingerprint density at radius 1 is 1.39 bits per heavy atom. The van der Waals surface area contributed by atoms with Crippen LogP contribution in [0.5, 0.6) is 0 Å². The molecule has 2 aliphatic heterocycles. The second-order valence-electron chi connectivity index (χ2n) is 7.53. The molecule has 2 saturated heterocycles. The van der Waals surface area contributed by atoms with Gasteiger partial charge in [-0.1, -0.05) is 28.1 Å². The quantitative estimate of drug-likeness (QED) is 0.696. The van der Waals surface area contributed by atoms with E-state index in [1.807, 2.05) is 5.01 Å². The van der Waals surface area contributed by atoms with Crippen molar-refractivity contribution in [3.63, 3.8) is 0 Å². The van der Waals surface area contributed by atoms with Crippen LogP contribution in [0.4, 0.5) is 13.2 Å². The summed E-state index contributed by atoms with van der Waals surface area (Å²) in [5.41, 5.74) is 2.32. The number of fused-ring (bicyclic) bond motifs is 1. The number of benzene rings is 1. The Morgan fingerprint density at radius 3 is 2.79 bits per heavy atom. The van der Waals surface area contributed by atoms with Crippen molar-refractivity contribution in [3.05, 3.63) is 35.4 Å². The monoisotopic (exact) mass is 463 g/mol. The largest absolute Gasteiger partial charge is 0.416 e. The lowest BCUT2D eigenvalue weighted by Crippen LogP contribution is -2.65. The minimum absolute atomic E-state index is 0.179. The molecule has 2 heterocycles. The SMILES string of the molecule is CN(C)C(=O)C1CC(CBr)(c2cccc(C(F)(F)F)c2)N2NCCCCC2O1. The van der Waals surface area contributed by atoms with E-state index in [4.69, 9.17) is 4.74 Å². The number of carbonyl (C=O) groups is 1. The minimum atomic E-state index is -4.43. The highest BCUT2D eigenvalue weighted by Gasteiger charge is 2.51. The fourth-order valence-electron chi connectivity index (χ4n) is 3.94. The maximum Gasteiger partial charge on any atom is 0.416 e. The number of amides is 1. The molecule has 28 heavy (non-hydrogen) atoms. The zero-order chi connectivity index (χ0) is 20.5. The lowest BCUT2D eigenvalue weighted by atomic mass is 9.82. The number of alkyl halides is 4. The van der Waals surface area contributed by atoms with E-state index in [1.54, 1.807) is 20.2 Å². The van der Waals surface area contributed by atoms with Gasteiger partial charge in [0.2, 0.25) is 0 Å². The summed E-state index contributed by atoms with van der Waals surface area (Å²) in [6.45, 7) is 0.708. The molecule has 0 bridgehead atoms. The summed E-state index contributed by atoms with van der Waals surface area (Å²) in [4.78, 5) is 14.2. The average Bonchev–Trinajstić information content (AvgIpc) is 2.91. The number of ether oxygens (including phenoxy) is 1. The highest BCUT2D eigenvalue weighted by atomic mass is 79.9. The predicted octanol–water partition coefficient (Wildman–Crippen LogP) is 3.49. The zero-order valence-electron chi connectivity index (χ0n) is 15.9. The number of hydrogen-bond acceptors (Lipinski definition) is 4. The number of nitrogens with one attached hydrogen (secondary N) is 1. The Bertz CT molecular complexity index is 716. The molecule has 1 N–H and O–H groups in total. The van der Waals surface area contributed by atoms with E-state index >= 15 is 0 Å². The van der Waals surface area contributed by atoms with E-state index in [-0.39, 0.29) is 12.3 Å². The van der Waals surface area contributed by atoms with Crippen LogP contribution in [-0.4, -0.2) is 54.1 Å². The topological polar surface area (TPSA) is 44.8 Å². The lowest BCUT2D eigenvalue weighted by molar-refractivity contribution is -0.217. The number of rotatable bonds is 3. The minimum Gasteiger partial charge on any atom is -0.349 e. The molecule has 1 aromatic rings. The smallest absolute Gasteiger partial charge is 0.349 e. The molecule has 2 aliphatic rings. The molecule has 3 unspecified atom stereocenters. The van der Waals surface area contributed by atoms with Crippen molar-refractivity contribution in [2.24, 2.45) is 0 Å². The maximum absolute atomic E-state index is 13.3. The first kappa shape index (κ1) is 21.5. The first-order chi connectivity index (χ1) is 13.2. The van der Waals surface area contributed by atoms with Crippen LogP contribution in [0, 0.1) is 0 Å². The fourth-order valence-corrected chi connectivity index (χ4v) is 4.77. The summed E-state index contributed by atoms with van der Waals surface area (Å²) in [5.74, 6) is -0.179. The summed E-state index contributed by atoms with van der Waals surface area (Å²) < 4.78 is 46.1. The number of carbonyl (C=O) groups excluding carboxylic acids is 1. The molecule has 0 radical (unpaired) electrons. The van der Waals surface area contributed by atoms with Gasteiger partial charge in [0, 0.05) is 32.4 Å². The molecule has 3 rings (SSSR count). The Morgan fingerprint density at radius 2 is 2.14 bits per heavy atom. The molecule has 9 heteroatoms. The molecular weight excluding hydrogens is 439 g/mol. The molecule has 156 valence electrons. The van der Waals surface area contributed by atoms with Gasteiger partial charge < -0.3 is 9.64 Å². The van der Waals surface area contributed by atoms with Crippen LogP contribution in [0.25, 0.3) is 0 Å². The number of halogens is 4. The van der Waals surface area contributed by atoms with Crippen molar-refractivity contribution < 1.29 is 22.7 Å². The molecule has 5 nitrogen and oxygen atoms in total. The molecule has 1 amide bonds. The lowest BCUT2D eigenvalue weighted by Gasteiger charge is -2.52. The molecule has 0 saturated carbocycles. The van der Waals surface area contributed by atoms with Crippen molar-refractivity contribution in [1.82, 2.24) is 15.3 Å².